The maximum absolute atomic E-state index is 10.2. The average Bonchev–Trinajstić information content (AvgIpc) is 2.59. The molecular formula is C15H18ClN3O. The number of aliphatic hydroxyl groups is 1. The van der Waals surface area contributed by atoms with Crippen LogP contribution >= 0.6 is 11.6 Å². The number of nitrogens with zero attached hydrogens (tertiary/aromatic N) is 3. The van der Waals surface area contributed by atoms with Crippen molar-refractivity contribution in [2.75, 3.05) is 18.0 Å². The molecule has 0 aliphatic carbocycles. The molecule has 5 heteroatoms. The van der Waals surface area contributed by atoms with Crippen molar-refractivity contribution in [1.82, 2.24) is 9.97 Å². The smallest absolute Gasteiger partial charge is 0.224 e. The van der Waals surface area contributed by atoms with Gasteiger partial charge >= 0.3 is 0 Å². The highest BCUT2D eigenvalue weighted by Crippen LogP contribution is 2.29. The molecule has 0 saturated carbocycles. The summed E-state index contributed by atoms with van der Waals surface area (Å²) in [7, 11) is 0. The van der Waals surface area contributed by atoms with Gasteiger partial charge in [0.1, 0.15) is 5.82 Å². The van der Waals surface area contributed by atoms with E-state index in [0.717, 1.165) is 49.1 Å². The highest BCUT2D eigenvalue weighted by molar-refractivity contribution is 6.28. The number of benzene rings is 1. The minimum atomic E-state index is -0.582. The van der Waals surface area contributed by atoms with Gasteiger partial charge in [-0.15, -0.1) is 0 Å². The summed E-state index contributed by atoms with van der Waals surface area (Å²) in [6, 6.07) is 7.89. The standard InChI is InChI=1S/C15H18ClN3O/c1-15(20)7-4-9-19(10-8-15)13-11-5-2-3-6-12(11)17-14(16)18-13/h2-3,5-6,20H,4,7-10H2,1H3. The molecule has 0 radical (unpaired) electrons. The Hall–Kier alpha value is -1.39. The highest BCUT2D eigenvalue weighted by Gasteiger charge is 2.26. The van der Waals surface area contributed by atoms with Gasteiger partial charge in [0, 0.05) is 18.5 Å². The number of hydrogen-bond acceptors (Lipinski definition) is 4. The van der Waals surface area contributed by atoms with Crippen molar-refractivity contribution in [2.24, 2.45) is 0 Å². The van der Waals surface area contributed by atoms with Gasteiger partial charge < -0.3 is 10.0 Å². The molecule has 3 rings (SSSR count). The molecule has 0 bridgehead atoms. The Morgan fingerprint density at radius 1 is 1.20 bits per heavy atom. The van der Waals surface area contributed by atoms with Crippen molar-refractivity contribution in [2.45, 2.75) is 31.8 Å². The van der Waals surface area contributed by atoms with E-state index in [1.807, 2.05) is 31.2 Å². The SMILES string of the molecule is CC1(O)CCCN(c2nc(Cl)nc3ccccc23)CC1. The quantitative estimate of drug-likeness (QED) is 0.821. The van der Waals surface area contributed by atoms with Crippen LogP contribution in [0, 0.1) is 0 Å². The average molecular weight is 292 g/mol. The third kappa shape index (κ3) is 2.72. The highest BCUT2D eigenvalue weighted by atomic mass is 35.5. The maximum atomic E-state index is 10.2. The number of anilines is 1. The van der Waals surface area contributed by atoms with Crippen LogP contribution in [0.4, 0.5) is 5.82 Å². The van der Waals surface area contributed by atoms with Crippen LogP contribution in [0.25, 0.3) is 10.9 Å². The van der Waals surface area contributed by atoms with E-state index in [1.54, 1.807) is 0 Å². The zero-order chi connectivity index (χ0) is 14.2. The molecule has 106 valence electrons. The fourth-order valence-corrected chi connectivity index (χ4v) is 2.92. The van der Waals surface area contributed by atoms with Crippen LogP contribution < -0.4 is 4.90 Å². The molecule has 1 saturated heterocycles. The lowest BCUT2D eigenvalue weighted by Gasteiger charge is -2.24. The van der Waals surface area contributed by atoms with E-state index in [2.05, 4.69) is 14.9 Å². The first-order valence-electron chi connectivity index (χ1n) is 6.95. The zero-order valence-electron chi connectivity index (χ0n) is 11.5. The van der Waals surface area contributed by atoms with Crippen LogP contribution in [0.5, 0.6) is 0 Å². The Balaban J connectivity index is 2.01. The molecule has 1 fully saturated rings. The lowest BCUT2D eigenvalue weighted by Crippen LogP contribution is -2.29. The van der Waals surface area contributed by atoms with Gasteiger partial charge in [-0.1, -0.05) is 12.1 Å². The first-order chi connectivity index (χ1) is 9.55. The predicted octanol–water partition coefficient (Wildman–Crippen LogP) is 3.02. The zero-order valence-corrected chi connectivity index (χ0v) is 12.3. The molecule has 0 amide bonds. The fraction of sp³-hybridized carbons (Fsp3) is 0.467. The van der Waals surface area contributed by atoms with Crippen molar-refractivity contribution in [3.8, 4) is 0 Å². The van der Waals surface area contributed by atoms with Gasteiger partial charge in [0.2, 0.25) is 5.28 Å². The largest absolute Gasteiger partial charge is 0.390 e. The van der Waals surface area contributed by atoms with Gasteiger partial charge in [0.15, 0.2) is 0 Å². The van der Waals surface area contributed by atoms with Gasteiger partial charge in [-0.25, -0.2) is 4.98 Å². The van der Waals surface area contributed by atoms with Crippen LogP contribution in [0.15, 0.2) is 24.3 Å². The Morgan fingerprint density at radius 2 is 2.00 bits per heavy atom. The van der Waals surface area contributed by atoms with Crippen LogP contribution in [0.3, 0.4) is 0 Å². The monoisotopic (exact) mass is 291 g/mol. The van der Waals surface area contributed by atoms with E-state index < -0.39 is 5.60 Å². The Bertz CT molecular complexity index is 630. The summed E-state index contributed by atoms with van der Waals surface area (Å²) in [6.07, 6.45) is 2.51. The number of aromatic nitrogens is 2. The minimum absolute atomic E-state index is 0.273. The summed E-state index contributed by atoms with van der Waals surface area (Å²) in [5.74, 6) is 0.873. The molecule has 1 aliphatic heterocycles. The summed E-state index contributed by atoms with van der Waals surface area (Å²) < 4.78 is 0. The molecule has 0 spiro atoms. The topological polar surface area (TPSA) is 49.2 Å². The number of fused-ring (bicyclic) bond motifs is 1. The molecule has 1 aliphatic rings. The van der Waals surface area contributed by atoms with Crippen LogP contribution in [-0.2, 0) is 0 Å². The number of halogens is 1. The summed E-state index contributed by atoms with van der Waals surface area (Å²) in [5, 5.41) is 11.5. The lowest BCUT2D eigenvalue weighted by atomic mass is 9.98. The summed E-state index contributed by atoms with van der Waals surface area (Å²) >= 11 is 6.04. The predicted molar refractivity (Wildman–Crippen MR) is 81.2 cm³/mol. The molecule has 4 nitrogen and oxygen atoms in total. The molecule has 2 heterocycles. The van der Waals surface area contributed by atoms with Gasteiger partial charge in [0.25, 0.3) is 0 Å². The second-order valence-electron chi connectivity index (χ2n) is 5.67. The second kappa shape index (κ2) is 5.19. The van der Waals surface area contributed by atoms with Crippen LogP contribution in [0.2, 0.25) is 5.28 Å². The molecule has 1 aromatic heterocycles. The Morgan fingerprint density at radius 3 is 2.85 bits per heavy atom. The second-order valence-corrected chi connectivity index (χ2v) is 6.01. The molecule has 2 aromatic rings. The number of rotatable bonds is 1. The van der Waals surface area contributed by atoms with E-state index in [4.69, 9.17) is 11.6 Å². The van der Waals surface area contributed by atoms with E-state index >= 15 is 0 Å². The van der Waals surface area contributed by atoms with Crippen molar-refractivity contribution < 1.29 is 5.11 Å². The van der Waals surface area contributed by atoms with Crippen molar-refractivity contribution in [3.63, 3.8) is 0 Å². The third-order valence-electron chi connectivity index (χ3n) is 3.92. The normalized spacial score (nSPS) is 23.9. The van der Waals surface area contributed by atoms with E-state index in [-0.39, 0.29) is 5.28 Å². The van der Waals surface area contributed by atoms with Crippen LogP contribution in [-0.4, -0.2) is 33.8 Å². The fourth-order valence-electron chi connectivity index (χ4n) is 2.75. The van der Waals surface area contributed by atoms with Crippen molar-refractivity contribution >= 4 is 28.3 Å². The van der Waals surface area contributed by atoms with E-state index in [1.165, 1.54) is 0 Å². The molecule has 1 N–H and O–H groups in total. The van der Waals surface area contributed by atoms with Gasteiger partial charge in [-0.05, 0) is 49.9 Å². The number of hydrogen-bond donors (Lipinski definition) is 1. The molecule has 1 atom stereocenters. The van der Waals surface area contributed by atoms with Gasteiger partial charge in [0.05, 0.1) is 11.1 Å². The maximum Gasteiger partial charge on any atom is 0.224 e. The summed E-state index contributed by atoms with van der Waals surface area (Å²) in [5.41, 5.74) is 0.278. The van der Waals surface area contributed by atoms with Crippen LogP contribution in [0.1, 0.15) is 26.2 Å². The van der Waals surface area contributed by atoms with Crippen molar-refractivity contribution in [1.29, 1.82) is 0 Å². The first kappa shape index (κ1) is 13.6. The summed E-state index contributed by atoms with van der Waals surface area (Å²) in [6.45, 7) is 3.57. The first-order valence-corrected chi connectivity index (χ1v) is 7.33. The van der Waals surface area contributed by atoms with E-state index in [9.17, 15) is 5.11 Å². The van der Waals surface area contributed by atoms with E-state index in [0.29, 0.717) is 0 Å². The van der Waals surface area contributed by atoms with Crippen molar-refractivity contribution in [3.05, 3.63) is 29.5 Å². The number of para-hydroxylation sites is 1. The molecular weight excluding hydrogens is 274 g/mol. The molecule has 20 heavy (non-hydrogen) atoms. The van der Waals surface area contributed by atoms with Gasteiger partial charge in [-0.2, -0.15) is 4.98 Å². The minimum Gasteiger partial charge on any atom is -0.390 e. The van der Waals surface area contributed by atoms with Gasteiger partial charge in [-0.3, -0.25) is 0 Å². The summed E-state index contributed by atoms with van der Waals surface area (Å²) in [4.78, 5) is 10.9. The molecule has 1 unspecified atom stereocenters. The third-order valence-corrected chi connectivity index (χ3v) is 4.09. The Kier molecular flexibility index (Phi) is 3.52. The molecule has 1 aromatic carbocycles. The Labute approximate surface area is 123 Å². The lowest BCUT2D eigenvalue weighted by molar-refractivity contribution is 0.0481.